The Balaban J connectivity index is 2.14. The molecule has 1 saturated carbocycles. The second-order valence-corrected chi connectivity index (χ2v) is 9.35. The van der Waals surface area contributed by atoms with Crippen LogP contribution in [0.4, 0.5) is 20.3 Å². The van der Waals surface area contributed by atoms with Gasteiger partial charge in [0.05, 0.1) is 0 Å². The highest BCUT2D eigenvalue weighted by Gasteiger charge is 2.32. The maximum Gasteiger partial charge on any atom is 0.153 e. The first kappa shape index (κ1) is 26.2. The molecular weight excluding hydrogens is 468 g/mol. The number of nitrogens with two attached hydrogens (primary N) is 1. The van der Waals surface area contributed by atoms with Gasteiger partial charge in [-0.15, -0.1) is 11.8 Å². The minimum Gasteiger partial charge on any atom is -0.402 e. The smallest absolute Gasteiger partial charge is 0.153 e. The van der Waals surface area contributed by atoms with Gasteiger partial charge in [0.25, 0.3) is 0 Å². The molecule has 7 nitrogen and oxygen atoms in total. The van der Waals surface area contributed by atoms with Gasteiger partial charge in [-0.3, -0.25) is 5.10 Å². The van der Waals surface area contributed by atoms with Crippen LogP contribution in [0, 0.1) is 29.9 Å². The lowest BCUT2D eigenvalue weighted by Crippen LogP contribution is -2.26. The normalized spacial score (nSPS) is 15.3. The molecular formula is C25H31F2N7S. The molecule has 5 N–H and O–H groups in total. The van der Waals surface area contributed by atoms with E-state index in [1.165, 1.54) is 35.0 Å². The SMILES string of the molecule is C=C(/C(C=N)=C(\C)N)/C(=C(\N=C(/C)N(C)c1c(F)cc(SC)cc1F)Nc1cc(C)[nH]n1)C1CC1. The van der Waals surface area contributed by atoms with E-state index in [0.717, 1.165) is 24.1 Å². The molecule has 0 unspecified atom stereocenters. The van der Waals surface area contributed by atoms with Gasteiger partial charge in [-0.1, -0.05) is 6.58 Å². The van der Waals surface area contributed by atoms with Crippen LogP contribution < -0.4 is 16.0 Å². The van der Waals surface area contributed by atoms with Gasteiger partial charge in [-0.2, -0.15) is 5.10 Å². The summed E-state index contributed by atoms with van der Waals surface area (Å²) >= 11 is 1.27. The summed E-state index contributed by atoms with van der Waals surface area (Å²) in [5, 5.41) is 18.2. The Morgan fingerprint density at radius 3 is 2.40 bits per heavy atom. The van der Waals surface area contributed by atoms with Crippen molar-refractivity contribution in [2.45, 2.75) is 38.5 Å². The van der Waals surface area contributed by atoms with E-state index in [9.17, 15) is 8.78 Å². The molecule has 1 heterocycles. The fourth-order valence-electron chi connectivity index (χ4n) is 3.68. The van der Waals surface area contributed by atoms with E-state index in [2.05, 4.69) is 22.1 Å². The summed E-state index contributed by atoms with van der Waals surface area (Å²) < 4.78 is 29.6. The highest BCUT2D eigenvalue weighted by atomic mass is 32.2. The summed E-state index contributed by atoms with van der Waals surface area (Å²) in [6.07, 6.45) is 4.79. The van der Waals surface area contributed by atoms with Crippen LogP contribution in [0.5, 0.6) is 0 Å². The molecule has 1 aromatic heterocycles. The number of anilines is 2. The van der Waals surface area contributed by atoms with Gasteiger partial charge in [0.2, 0.25) is 0 Å². The number of rotatable bonds is 9. The zero-order valence-electron chi connectivity index (χ0n) is 20.6. The third-order valence-electron chi connectivity index (χ3n) is 5.73. The Labute approximate surface area is 208 Å². The van der Waals surface area contributed by atoms with Crippen molar-refractivity contribution < 1.29 is 8.78 Å². The maximum atomic E-state index is 14.8. The molecule has 1 aliphatic carbocycles. The molecule has 35 heavy (non-hydrogen) atoms. The van der Waals surface area contributed by atoms with Crippen molar-refractivity contribution in [2.24, 2.45) is 16.6 Å². The topological polar surface area (TPSA) is 106 Å². The van der Waals surface area contributed by atoms with Gasteiger partial charge in [0.1, 0.15) is 17.3 Å². The Hall–Kier alpha value is -3.40. The zero-order chi connectivity index (χ0) is 25.9. The summed E-state index contributed by atoms with van der Waals surface area (Å²) in [5.74, 6) is 0.144. The predicted molar refractivity (Wildman–Crippen MR) is 141 cm³/mol. The Kier molecular flexibility index (Phi) is 8.16. The fraction of sp³-hybridized carbons (Fsp3) is 0.320. The quantitative estimate of drug-likeness (QED) is 0.152. The molecule has 1 aromatic carbocycles. The minimum absolute atomic E-state index is 0.163. The standard InChI is InChI=1S/C25H31F2N7S/c1-13-9-22(33-32-13)31-25(23(17-7-8-17)14(2)19(12-28)15(3)29)30-16(4)34(5)24-20(26)10-18(35-6)11-21(24)27/h9-12,17,28H,2,7-8,29H2,1,3-6H3,(H2,31,32,33)/b19-15+,25-23-,28-12?,30-16+. The minimum atomic E-state index is -0.674. The van der Waals surface area contributed by atoms with Gasteiger partial charge in [-0.05, 0) is 63.5 Å². The van der Waals surface area contributed by atoms with Crippen LogP contribution in [0.1, 0.15) is 32.4 Å². The second-order valence-electron chi connectivity index (χ2n) is 8.48. The number of benzene rings is 1. The Morgan fingerprint density at radius 1 is 1.31 bits per heavy atom. The maximum absolute atomic E-state index is 14.8. The van der Waals surface area contributed by atoms with Crippen LogP contribution in [0.15, 0.2) is 62.9 Å². The summed E-state index contributed by atoms with van der Waals surface area (Å²) in [7, 11) is 1.56. The summed E-state index contributed by atoms with van der Waals surface area (Å²) in [4.78, 5) is 6.63. The molecule has 2 aromatic rings. The molecule has 1 aliphatic rings. The van der Waals surface area contributed by atoms with Crippen molar-refractivity contribution in [3.63, 3.8) is 0 Å². The second kappa shape index (κ2) is 10.9. The summed E-state index contributed by atoms with van der Waals surface area (Å²) in [5.41, 5.74) is 9.04. The molecule has 1 fully saturated rings. The lowest BCUT2D eigenvalue weighted by Gasteiger charge is -2.22. The molecule has 0 spiro atoms. The highest BCUT2D eigenvalue weighted by molar-refractivity contribution is 7.98. The van der Waals surface area contributed by atoms with Crippen molar-refractivity contribution in [1.82, 2.24) is 10.2 Å². The number of thioether (sulfide) groups is 1. The summed E-state index contributed by atoms with van der Waals surface area (Å²) in [6.45, 7) is 9.48. The average molecular weight is 500 g/mol. The number of aliphatic imine (C=N–C) groups is 1. The van der Waals surface area contributed by atoms with Crippen molar-refractivity contribution in [3.8, 4) is 0 Å². The molecule has 0 radical (unpaired) electrons. The number of H-pyrrole nitrogens is 1. The number of nitrogens with one attached hydrogen (secondary N) is 3. The number of aromatic nitrogens is 2. The first-order valence-corrected chi connectivity index (χ1v) is 12.3. The molecule has 0 aliphatic heterocycles. The Bertz CT molecular complexity index is 1210. The van der Waals surface area contributed by atoms with Crippen LogP contribution in [-0.2, 0) is 0 Å². The molecule has 0 amide bonds. The monoisotopic (exact) mass is 499 g/mol. The van der Waals surface area contributed by atoms with Crippen LogP contribution >= 0.6 is 11.8 Å². The zero-order valence-corrected chi connectivity index (χ0v) is 21.4. The van der Waals surface area contributed by atoms with E-state index < -0.39 is 11.6 Å². The third-order valence-corrected chi connectivity index (χ3v) is 6.44. The largest absolute Gasteiger partial charge is 0.402 e. The molecule has 0 bridgehead atoms. The lowest BCUT2D eigenvalue weighted by atomic mass is 9.95. The van der Waals surface area contributed by atoms with E-state index in [-0.39, 0.29) is 11.6 Å². The van der Waals surface area contributed by atoms with E-state index in [1.54, 1.807) is 27.2 Å². The number of halogens is 2. The van der Waals surface area contributed by atoms with Crippen LogP contribution in [0.2, 0.25) is 0 Å². The van der Waals surface area contributed by atoms with Gasteiger partial charge in [0.15, 0.2) is 17.5 Å². The predicted octanol–water partition coefficient (Wildman–Crippen LogP) is 5.74. The number of allylic oxidation sites excluding steroid dienone is 4. The number of amidine groups is 1. The van der Waals surface area contributed by atoms with Crippen molar-refractivity contribution in [3.05, 3.63) is 70.3 Å². The number of hydrogen-bond acceptors (Lipinski definition) is 6. The first-order chi connectivity index (χ1) is 16.6. The van der Waals surface area contributed by atoms with Gasteiger partial charge in [0, 0.05) is 46.8 Å². The van der Waals surface area contributed by atoms with E-state index >= 15 is 0 Å². The van der Waals surface area contributed by atoms with Crippen molar-refractivity contribution in [1.29, 1.82) is 5.41 Å². The highest BCUT2D eigenvalue weighted by Crippen LogP contribution is 2.43. The van der Waals surface area contributed by atoms with Crippen LogP contribution in [-0.4, -0.2) is 35.6 Å². The van der Waals surface area contributed by atoms with E-state index in [1.807, 2.05) is 13.0 Å². The van der Waals surface area contributed by atoms with E-state index in [4.69, 9.17) is 16.1 Å². The molecule has 3 rings (SSSR count). The van der Waals surface area contributed by atoms with E-state index in [0.29, 0.717) is 39.2 Å². The van der Waals surface area contributed by atoms with Gasteiger partial charge in [-0.25, -0.2) is 13.8 Å². The molecule has 0 atom stereocenters. The number of nitrogens with zero attached hydrogens (tertiary/aromatic N) is 3. The van der Waals surface area contributed by atoms with Gasteiger partial charge < -0.3 is 21.4 Å². The lowest BCUT2D eigenvalue weighted by molar-refractivity contribution is 0.579. The molecule has 0 saturated heterocycles. The first-order valence-electron chi connectivity index (χ1n) is 11.1. The Morgan fingerprint density at radius 2 is 1.94 bits per heavy atom. The third kappa shape index (κ3) is 6.00. The van der Waals surface area contributed by atoms with Crippen molar-refractivity contribution in [2.75, 3.05) is 23.5 Å². The fourth-order valence-corrected chi connectivity index (χ4v) is 4.12. The average Bonchev–Trinajstić information content (AvgIpc) is 3.53. The van der Waals surface area contributed by atoms with Crippen LogP contribution in [0.25, 0.3) is 0 Å². The summed E-state index contributed by atoms with van der Waals surface area (Å²) in [6, 6.07) is 4.43. The molecule has 186 valence electrons. The number of hydrogen-bond donors (Lipinski definition) is 4. The van der Waals surface area contributed by atoms with Crippen LogP contribution in [0.3, 0.4) is 0 Å². The number of aryl methyl sites for hydroxylation is 1. The number of aromatic amines is 1. The van der Waals surface area contributed by atoms with Gasteiger partial charge >= 0.3 is 0 Å². The van der Waals surface area contributed by atoms with Crippen molar-refractivity contribution >= 4 is 35.3 Å². The molecule has 10 heteroatoms.